The minimum absolute atomic E-state index is 0.250. The van der Waals surface area contributed by atoms with E-state index in [2.05, 4.69) is 15.6 Å². The number of thioether (sulfide) groups is 1. The Bertz CT molecular complexity index is 744. The van der Waals surface area contributed by atoms with E-state index >= 15 is 0 Å². The molecule has 1 unspecified atom stereocenters. The van der Waals surface area contributed by atoms with Crippen molar-refractivity contribution in [3.8, 4) is 0 Å². The van der Waals surface area contributed by atoms with Gasteiger partial charge in [-0.3, -0.25) is 9.59 Å². The second-order valence-electron chi connectivity index (χ2n) is 5.60. The lowest BCUT2D eigenvalue weighted by atomic mass is 10.00. The first kappa shape index (κ1) is 18.0. The van der Waals surface area contributed by atoms with Crippen LogP contribution < -0.4 is 10.6 Å². The van der Waals surface area contributed by atoms with Crippen molar-refractivity contribution >= 4 is 29.3 Å². The quantitative estimate of drug-likeness (QED) is 0.660. The number of hydrogen-bond acceptors (Lipinski definition) is 4. The Labute approximate surface area is 146 Å². The Balaban J connectivity index is 2.00. The fraction of sp³-hybridized carbons (Fsp3) is 0.278. The Morgan fingerprint density at radius 3 is 2.50 bits per heavy atom. The second-order valence-corrected chi connectivity index (χ2v) is 6.43. The van der Waals surface area contributed by atoms with Crippen LogP contribution in [0.1, 0.15) is 29.7 Å². The maximum absolute atomic E-state index is 12.1. The molecular weight excluding hydrogens is 322 g/mol. The molecule has 2 rings (SSSR count). The molecule has 2 N–H and O–H groups in total. The summed E-state index contributed by atoms with van der Waals surface area (Å²) in [5.41, 5.74) is 3.68. The van der Waals surface area contributed by atoms with E-state index in [4.69, 9.17) is 0 Å². The van der Waals surface area contributed by atoms with Gasteiger partial charge in [-0.1, -0.05) is 23.8 Å². The van der Waals surface area contributed by atoms with E-state index in [-0.39, 0.29) is 6.04 Å². The number of aromatic nitrogens is 1. The summed E-state index contributed by atoms with van der Waals surface area (Å²) in [4.78, 5) is 28.3. The highest BCUT2D eigenvalue weighted by atomic mass is 32.2. The van der Waals surface area contributed by atoms with Crippen LogP contribution in [0, 0.1) is 13.8 Å². The number of anilines is 1. The van der Waals surface area contributed by atoms with Gasteiger partial charge in [0.1, 0.15) is 0 Å². The van der Waals surface area contributed by atoms with Crippen LogP contribution in [-0.4, -0.2) is 23.1 Å². The molecule has 6 heteroatoms. The molecule has 126 valence electrons. The molecule has 0 aliphatic rings. The lowest BCUT2D eigenvalue weighted by Gasteiger charge is -2.17. The maximum Gasteiger partial charge on any atom is 0.313 e. The number of hydrogen-bond donors (Lipinski definition) is 2. The van der Waals surface area contributed by atoms with Crippen molar-refractivity contribution in [2.45, 2.75) is 31.8 Å². The maximum atomic E-state index is 12.1. The van der Waals surface area contributed by atoms with Gasteiger partial charge in [0, 0.05) is 0 Å². The number of amides is 2. The fourth-order valence-corrected chi connectivity index (χ4v) is 2.69. The predicted octanol–water partition coefficient (Wildman–Crippen LogP) is 3.24. The molecule has 1 atom stereocenters. The average molecular weight is 343 g/mol. The second kappa shape index (κ2) is 7.97. The van der Waals surface area contributed by atoms with E-state index in [0.29, 0.717) is 5.69 Å². The minimum Gasteiger partial charge on any atom is -0.341 e. The van der Waals surface area contributed by atoms with Gasteiger partial charge in [0.15, 0.2) is 0 Å². The molecule has 2 aromatic rings. The zero-order chi connectivity index (χ0) is 17.7. The zero-order valence-corrected chi connectivity index (χ0v) is 15.0. The van der Waals surface area contributed by atoms with Crippen LogP contribution in [0.4, 0.5) is 5.69 Å². The number of carbonyl (C=O) groups excluding carboxylic acids is 2. The molecule has 24 heavy (non-hydrogen) atoms. The molecule has 0 aliphatic heterocycles. The van der Waals surface area contributed by atoms with Crippen molar-refractivity contribution < 1.29 is 9.59 Å². The smallest absolute Gasteiger partial charge is 0.313 e. The van der Waals surface area contributed by atoms with Crippen molar-refractivity contribution in [1.29, 1.82) is 0 Å². The highest BCUT2D eigenvalue weighted by Gasteiger charge is 2.18. The SMILES string of the molecule is CSc1ccc(NC(=O)C(=O)NC(C)c2cc(C)ccc2C)cn1. The highest BCUT2D eigenvalue weighted by Crippen LogP contribution is 2.19. The zero-order valence-electron chi connectivity index (χ0n) is 14.2. The molecular formula is C18H21N3O2S. The number of nitrogens with zero attached hydrogens (tertiary/aromatic N) is 1. The lowest BCUT2D eigenvalue weighted by molar-refractivity contribution is -0.136. The number of pyridine rings is 1. The fourth-order valence-electron chi connectivity index (χ4n) is 2.33. The molecule has 1 aromatic carbocycles. The number of aryl methyl sites for hydroxylation is 2. The van der Waals surface area contributed by atoms with Gasteiger partial charge < -0.3 is 10.6 Å². The van der Waals surface area contributed by atoms with Gasteiger partial charge in [0.25, 0.3) is 0 Å². The van der Waals surface area contributed by atoms with E-state index in [1.54, 1.807) is 12.1 Å². The van der Waals surface area contributed by atoms with Gasteiger partial charge >= 0.3 is 11.8 Å². The Hall–Kier alpha value is -2.34. The van der Waals surface area contributed by atoms with E-state index in [1.165, 1.54) is 18.0 Å². The van der Waals surface area contributed by atoms with E-state index in [9.17, 15) is 9.59 Å². The molecule has 1 heterocycles. The summed E-state index contributed by atoms with van der Waals surface area (Å²) in [5, 5.41) is 6.13. The molecule has 0 fully saturated rings. The van der Waals surface area contributed by atoms with Crippen molar-refractivity contribution in [1.82, 2.24) is 10.3 Å². The Morgan fingerprint density at radius 1 is 1.12 bits per heavy atom. The normalized spacial score (nSPS) is 11.7. The molecule has 0 radical (unpaired) electrons. The standard InChI is InChI=1S/C18H21N3O2S/c1-11-5-6-12(2)15(9-11)13(3)20-17(22)18(23)21-14-7-8-16(24-4)19-10-14/h5-10,13H,1-4H3,(H,20,22)(H,21,23). The van der Waals surface area contributed by atoms with Gasteiger partial charge in [-0.25, -0.2) is 4.98 Å². The van der Waals surface area contributed by atoms with Crippen molar-refractivity contribution in [2.24, 2.45) is 0 Å². The van der Waals surface area contributed by atoms with Crippen LogP contribution in [0.15, 0.2) is 41.6 Å². The average Bonchev–Trinajstić information content (AvgIpc) is 2.57. The molecule has 2 amide bonds. The van der Waals surface area contributed by atoms with Crippen LogP contribution in [-0.2, 0) is 9.59 Å². The minimum atomic E-state index is -0.703. The van der Waals surface area contributed by atoms with Crippen LogP contribution >= 0.6 is 11.8 Å². The number of carbonyl (C=O) groups is 2. The summed E-state index contributed by atoms with van der Waals surface area (Å²) in [6.07, 6.45) is 3.45. The largest absolute Gasteiger partial charge is 0.341 e. The molecule has 5 nitrogen and oxygen atoms in total. The van der Waals surface area contributed by atoms with Crippen molar-refractivity contribution in [3.05, 3.63) is 53.2 Å². The number of nitrogens with one attached hydrogen (secondary N) is 2. The van der Waals surface area contributed by atoms with Gasteiger partial charge in [0.2, 0.25) is 0 Å². The Kier molecular flexibility index (Phi) is 5.98. The van der Waals surface area contributed by atoms with Gasteiger partial charge in [-0.05, 0) is 50.3 Å². The Morgan fingerprint density at radius 2 is 1.88 bits per heavy atom. The third-order valence-corrected chi connectivity index (χ3v) is 4.32. The van der Waals surface area contributed by atoms with Gasteiger partial charge in [0.05, 0.1) is 23.0 Å². The van der Waals surface area contributed by atoms with Crippen molar-refractivity contribution in [2.75, 3.05) is 11.6 Å². The highest BCUT2D eigenvalue weighted by molar-refractivity contribution is 7.98. The first-order valence-electron chi connectivity index (χ1n) is 7.59. The monoisotopic (exact) mass is 343 g/mol. The van der Waals surface area contributed by atoms with Crippen LogP contribution in [0.3, 0.4) is 0 Å². The van der Waals surface area contributed by atoms with Crippen LogP contribution in [0.2, 0.25) is 0 Å². The number of rotatable bonds is 4. The summed E-state index contributed by atoms with van der Waals surface area (Å²) in [6.45, 7) is 5.84. The third kappa shape index (κ3) is 4.58. The van der Waals surface area contributed by atoms with Gasteiger partial charge in [-0.15, -0.1) is 11.8 Å². The molecule has 0 saturated heterocycles. The third-order valence-electron chi connectivity index (χ3n) is 3.66. The topological polar surface area (TPSA) is 71.1 Å². The van der Waals surface area contributed by atoms with Crippen molar-refractivity contribution in [3.63, 3.8) is 0 Å². The van der Waals surface area contributed by atoms with E-state index < -0.39 is 11.8 Å². The first-order valence-corrected chi connectivity index (χ1v) is 8.82. The first-order chi connectivity index (χ1) is 11.4. The number of benzene rings is 1. The lowest BCUT2D eigenvalue weighted by Crippen LogP contribution is -2.37. The molecule has 0 aliphatic carbocycles. The molecule has 0 bridgehead atoms. The molecule has 0 spiro atoms. The summed E-state index contributed by atoms with van der Waals surface area (Å²) in [6, 6.07) is 9.30. The summed E-state index contributed by atoms with van der Waals surface area (Å²) in [7, 11) is 0. The summed E-state index contributed by atoms with van der Waals surface area (Å²) in [5.74, 6) is -1.37. The van der Waals surface area contributed by atoms with E-state index in [1.807, 2.05) is 45.2 Å². The van der Waals surface area contributed by atoms with Crippen LogP contribution in [0.25, 0.3) is 0 Å². The predicted molar refractivity (Wildman–Crippen MR) is 97.1 cm³/mol. The van der Waals surface area contributed by atoms with Gasteiger partial charge in [-0.2, -0.15) is 0 Å². The van der Waals surface area contributed by atoms with E-state index in [0.717, 1.165) is 21.7 Å². The summed E-state index contributed by atoms with van der Waals surface area (Å²) >= 11 is 1.51. The summed E-state index contributed by atoms with van der Waals surface area (Å²) < 4.78 is 0. The molecule has 0 saturated carbocycles. The van der Waals surface area contributed by atoms with Crippen LogP contribution in [0.5, 0.6) is 0 Å². The molecule has 1 aromatic heterocycles.